The Morgan fingerprint density at radius 1 is 1.20 bits per heavy atom. The maximum atomic E-state index is 11.7. The fraction of sp³-hybridized carbons (Fsp3) is 0.308. The largest absolute Gasteiger partial charge is 0.480 e. The topological polar surface area (TPSA) is 109 Å². The second-order valence-corrected chi connectivity index (χ2v) is 4.13. The first-order chi connectivity index (χ1) is 8.99. The van der Waals surface area contributed by atoms with Crippen LogP contribution in [0.1, 0.15) is 18.4 Å². The van der Waals surface area contributed by atoms with E-state index in [4.69, 9.17) is 10.8 Å². The van der Waals surface area contributed by atoms with Crippen LogP contribution in [0.4, 0.5) is 0 Å². The van der Waals surface area contributed by atoms with E-state index in [1.807, 2.05) is 6.07 Å². The van der Waals surface area contributed by atoms with E-state index in [1.165, 1.54) is 0 Å². The van der Waals surface area contributed by atoms with Crippen LogP contribution in [0.5, 0.6) is 0 Å². The molecule has 0 aliphatic heterocycles. The number of amides is 2. The molecule has 0 saturated heterocycles. The minimum absolute atomic E-state index is 0. The van der Waals surface area contributed by atoms with Crippen molar-refractivity contribution < 1.29 is 19.5 Å². The van der Waals surface area contributed by atoms with Crippen LogP contribution in [0, 0.1) is 0 Å². The van der Waals surface area contributed by atoms with Gasteiger partial charge in [-0.15, -0.1) is 0 Å². The predicted molar refractivity (Wildman–Crippen MR) is 73.9 cm³/mol. The molecule has 0 unspecified atom stereocenters. The fourth-order valence-corrected chi connectivity index (χ4v) is 1.57. The van der Waals surface area contributed by atoms with E-state index in [1.54, 1.807) is 24.3 Å². The van der Waals surface area contributed by atoms with E-state index in [0.717, 1.165) is 5.56 Å². The van der Waals surface area contributed by atoms with Crippen molar-refractivity contribution in [3.8, 4) is 0 Å². The Bertz CT molecular complexity index is 465. The van der Waals surface area contributed by atoms with Gasteiger partial charge in [0, 0.05) is 36.0 Å². The third-order valence-corrected chi connectivity index (χ3v) is 2.52. The first-order valence-corrected chi connectivity index (χ1v) is 5.83. The van der Waals surface area contributed by atoms with Crippen molar-refractivity contribution in [2.75, 3.05) is 0 Å². The molecule has 0 saturated carbocycles. The van der Waals surface area contributed by atoms with E-state index >= 15 is 0 Å². The molecule has 0 aromatic heterocycles. The van der Waals surface area contributed by atoms with Crippen molar-refractivity contribution in [2.45, 2.75) is 25.3 Å². The summed E-state index contributed by atoms with van der Waals surface area (Å²) in [6, 6.07) is 7.88. The zero-order chi connectivity index (χ0) is 14.3. The molecule has 1 radical (unpaired) electrons. The van der Waals surface area contributed by atoms with Gasteiger partial charge in [-0.2, -0.15) is 0 Å². The number of rotatable bonds is 7. The Kier molecular flexibility index (Phi) is 8.87. The summed E-state index contributed by atoms with van der Waals surface area (Å²) >= 11 is 0. The SMILES string of the molecule is NC(=O)CC[C@H](NC(=O)Cc1ccccc1)C(=O)O.[Na]. The number of nitrogens with one attached hydrogen (secondary N) is 1. The zero-order valence-electron chi connectivity index (χ0n) is 11.3. The summed E-state index contributed by atoms with van der Waals surface area (Å²) in [7, 11) is 0. The molecule has 1 atom stereocenters. The van der Waals surface area contributed by atoms with Crippen LogP contribution in [-0.2, 0) is 20.8 Å². The van der Waals surface area contributed by atoms with E-state index in [2.05, 4.69) is 5.32 Å². The summed E-state index contributed by atoms with van der Waals surface area (Å²) < 4.78 is 0. The molecule has 1 rings (SSSR count). The molecule has 6 nitrogen and oxygen atoms in total. The molecule has 0 spiro atoms. The van der Waals surface area contributed by atoms with Gasteiger partial charge in [-0.25, -0.2) is 4.79 Å². The normalized spacial score (nSPS) is 11.0. The summed E-state index contributed by atoms with van der Waals surface area (Å²) in [5.41, 5.74) is 5.74. The third-order valence-electron chi connectivity index (χ3n) is 2.52. The van der Waals surface area contributed by atoms with Gasteiger partial charge in [0.2, 0.25) is 11.8 Å². The average Bonchev–Trinajstić information content (AvgIpc) is 2.35. The molecule has 2 amide bonds. The Labute approximate surface area is 139 Å². The first kappa shape index (κ1) is 18.6. The Morgan fingerprint density at radius 2 is 1.80 bits per heavy atom. The molecular weight excluding hydrogens is 271 g/mol. The zero-order valence-corrected chi connectivity index (χ0v) is 13.3. The van der Waals surface area contributed by atoms with Crippen LogP contribution in [-0.4, -0.2) is 58.5 Å². The third kappa shape index (κ3) is 7.28. The number of aliphatic carboxylic acids is 1. The smallest absolute Gasteiger partial charge is 0.326 e. The average molecular weight is 287 g/mol. The number of carboxylic acid groups (broad SMARTS) is 1. The van der Waals surface area contributed by atoms with Crippen LogP contribution >= 0.6 is 0 Å². The number of benzene rings is 1. The van der Waals surface area contributed by atoms with Gasteiger partial charge < -0.3 is 16.2 Å². The second kappa shape index (κ2) is 9.52. The summed E-state index contributed by atoms with van der Waals surface area (Å²) in [5, 5.41) is 11.3. The van der Waals surface area contributed by atoms with Gasteiger partial charge in [-0.3, -0.25) is 9.59 Å². The predicted octanol–water partition coefficient (Wildman–Crippen LogP) is -0.317. The van der Waals surface area contributed by atoms with Crippen molar-refractivity contribution in [2.24, 2.45) is 5.73 Å². The maximum Gasteiger partial charge on any atom is 0.326 e. The van der Waals surface area contributed by atoms with Crippen LogP contribution in [0.2, 0.25) is 0 Å². The monoisotopic (exact) mass is 287 g/mol. The van der Waals surface area contributed by atoms with Gasteiger partial charge in [0.25, 0.3) is 0 Å². The van der Waals surface area contributed by atoms with E-state index in [9.17, 15) is 14.4 Å². The van der Waals surface area contributed by atoms with Crippen molar-refractivity contribution in [1.29, 1.82) is 0 Å². The number of carbonyl (C=O) groups excluding carboxylic acids is 2. The maximum absolute atomic E-state index is 11.7. The quantitative estimate of drug-likeness (QED) is 0.597. The molecule has 103 valence electrons. The van der Waals surface area contributed by atoms with Crippen molar-refractivity contribution >= 4 is 47.3 Å². The Hall–Kier alpha value is -1.37. The molecule has 1 aromatic carbocycles. The number of hydrogen-bond donors (Lipinski definition) is 3. The van der Waals surface area contributed by atoms with Gasteiger partial charge >= 0.3 is 5.97 Å². The molecule has 0 aliphatic rings. The van der Waals surface area contributed by atoms with Crippen molar-refractivity contribution in [1.82, 2.24) is 5.32 Å². The van der Waals surface area contributed by atoms with E-state index in [0.29, 0.717) is 0 Å². The molecule has 20 heavy (non-hydrogen) atoms. The van der Waals surface area contributed by atoms with Gasteiger partial charge in [0.15, 0.2) is 0 Å². The molecule has 4 N–H and O–H groups in total. The van der Waals surface area contributed by atoms with Gasteiger partial charge in [-0.05, 0) is 12.0 Å². The summed E-state index contributed by atoms with van der Waals surface area (Å²) in [6.07, 6.45) is 0.00890. The number of nitrogens with two attached hydrogens (primary N) is 1. The van der Waals surface area contributed by atoms with Crippen LogP contribution in [0.25, 0.3) is 0 Å². The minimum atomic E-state index is -1.18. The van der Waals surface area contributed by atoms with E-state index < -0.39 is 23.8 Å². The van der Waals surface area contributed by atoms with Crippen molar-refractivity contribution in [3.63, 3.8) is 0 Å². The summed E-state index contributed by atoms with van der Waals surface area (Å²) in [5.74, 6) is -2.17. The molecule has 0 heterocycles. The van der Waals surface area contributed by atoms with Gasteiger partial charge in [0.05, 0.1) is 6.42 Å². The summed E-state index contributed by atoms with van der Waals surface area (Å²) in [4.78, 5) is 33.2. The molecule has 7 heteroatoms. The Balaban J connectivity index is 0.00000361. The van der Waals surface area contributed by atoms with Crippen LogP contribution in [0.15, 0.2) is 30.3 Å². The molecule has 0 aliphatic carbocycles. The molecule has 0 fully saturated rings. The molecule has 0 bridgehead atoms. The van der Waals surface area contributed by atoms with E-state index in [-0.39, 0.29) is 48.8 Å². The summed E-state index contributed by atoms with van der Waals surface area (Å²) in [6.45, 7) is 0. The number of hydrogen-bond acceptors (Lipinski definition) is 3. The molecular formula is C13H16N2NaO4. The first-order valence-electron chi connectivity index (χ1n) is 5.83. The van der Waals surface area contributed by atoms with Crippen LogP contribution < -0.4 is 11.1 Å². The Morgan fingerprint density at radius 3 is 2.30 bits per heavy atom. The van der Waals surface area contributed by atoms with Crippen LogP contribution in [0.3, 0.4) is 0 Å². The fourth-order valence-electron chi connectivity index (χ4n) is 1.57. The number of carbonyl (C=O) groups is 3. The molecule has 1 aromatic rings. The van der Waals surface area contributed by atoms with Gasteiger partial charge in [0.1, 0.15) is 6.04 Å². The second-order valence-electron chi connectivity index (χ2n) is 4.13. The minimum Gasteiger partial charge on any atom is -0.480 e. The van der Waals surface area contributed by atoms with Gasteiger partial charge in [-0.1, -0.05) is 30.3 Å². The number of primary amides is 1. The number of carboxylic acids is 1. The standard InChI is InChI=1S/C13H16N2O4.Na/c14-11(16)7-6-10(13(18)19)15-12(17)8-9-4-2-1-3-5-9;/h1-5,10H,6-8H2,(H2,14,16)(H,15,17)(H,18,19);/t10-;/m0./s1. The van der Waals surface area contributed by atoms with Crippen molar-refractivity contribution in [3.05, 3.63) is 35.9 Å².